The minimum absolute atomic E-state index is 0.0184. The lowest BCUT2D eigenvalue weighted by atomic mass is 10.1. The third kappa shape index (κ3) is 6.24. The maximum atomic E-state index is 11.7. The van der Waals surface area contributed by atoms with E-state index in [2.05, 4.69) is 15.3 Å². The molecule has 2 N–H and O–H groups in total. The molecule has 10 heteroatoms. The zero-order valence-electron chi connectivity index (χ0n) is 18.5. The summed E-state index contributed by atoms with van der Waals surface area (Å²) in [6, 6.07) is 16.4. The quantitative estimate of drug-likeness (QED) is 0.452. The van der Waals surface area contributed by atoms with E-state index in [1.165, 1.54) is 6.33 Å². The Hall–Kier alpha value is -3.63. The minimum atomic E-state index is -0.380. The van der Waals surface area contributed by atoms with E-state index in [-0.39, 0.29) is 23.0 Å². The molecule has 0 spiro atoms. The summed E-state index contributed by atoms with van der Waals surface area (Å²) in [5, 5.41) is 10.8. The van der Waals surface area contributed by atoms with E-state index in [0.717, 1.165) is 28.6 Å². The van der Waals surface area contributed by atoms with Gasteiger partial charge in [-0.3, -0.25) is 14.9 Å². The van der Waals surface area contributed by atoms with E-state index in [4.69, 9.17) is 14.6 Å². The maximum absolute atomic E-state index is 11.7. The number of carbonyl (C=O) groups excluding carboxylic acids is 2. The summed E-state index contributed by atoms with van der Waals surface area (Å²) in [5.74, 6) is 2.21. The molecule has 1 aliphatic rings. The summed E-state index contributed by atoms with van der Waals surface area (Å²) in [6.45, 7) is 1.01. The number of ether oxygens (including phenoxy) is 2. The van der Waals surface area contributed by atoms with Crippen LogP contribution in [0.3, 0.4) is 0 Å². The molecule has 34 heavy (non-hydrogen) atoms. The van der Waals surface area contributed by atoms with Gasteiger partial charge >= 0.3 is 0 Å². The monoisotopic (exact) mass is 480 g/mol. The van der Waals surface area contributed by atoms with Crippen molar-refractivity contribution in [1.29, 1.82) is 0 Å². The smallest absolute Gasteiger partial charge is 0.286 e. The number of nitrogens with one attached hydrogen (secondary N) is 1. The summed E-state index contributed by atoms with van der Waals surface area (Å²) in [6.07, 6.45) is 1.94. The Balaban J connectivity index is 1.25. The highest BCUT2D eigenvalue weighted by Gasteiger charge is 2.31. The van der Waals surface area contributed by atoms with Crippen LogP contribution in [-0.2, 0) is 17.8 Å². The number of aliphatic hydroxyl groups is 1. The van der Waals surface area contributed by atoms with E-state index in [9.17, 15) is 9.59 Å². The molecule has 1 unspecified atom stereocenters. The van der Waals surface area contributed by atoms with Crippen LogP contribution < -0.4 is 19.7 Å². The molecule has 0 radical (unpaired) electrons. The predicted octanol–water partition coefficient (Wildman–Crippen LogP) is 3.17. The summed E-state index contributed by atoms with van der Waals surface area (Å²) in [7, 11) is 1.90. The highest BCUT2D eigenvalue weighted by atomic mass is 32.2. The number of carbonyl (C=O) groups is 2. The number of nitrogens with zero attached hydrogens (tertiary/aromatic N) is 3. The average Bonchev–Trinajstić information content (AvgIpc) is 3.17. The van der Waals surface area contributed by atoms with Crippen molar-refractivity contribution in [3.8, 4) is 17.4 Å². The molecule has 9 nitrogen and oxygen atoms in total. The highest BCUT2D eigenvalue weighted by Crippen LogP contribution is 2.24. The number of imide groups is 1. The molecular formula is C24H24N4O5S. The van der Waals surface area contributed by atoms with Crippen molar-refractivity contribution in [2.24, 2.45) is 0 Å². The molecule has 1 aromatic heterocycles. The van der Waals surface area contributed by atoms with Gasteiger partial charge < -0.3 is 19.5 Å². The van der Waals surface area contributed by atoms with Gasteiger partial charge in [-0.05, 0) is 41.8 Å². The number of anilines is 1. The SMILES string of the molecule is CN(CCOc1ccc(CC2SC(=O)NC2=O)cc1)c1cc(Oc2ccc(CO)cc2)ncn1. The van der Waals surface area contributed by atoms with Crippen LogP contribution in [0, 0.1) is 0 Å². The lowest BCUT2D eigenvalue weighted by molar-refractivity contribution is -0.118. The Labute approximate surface area is 201 Å². The number of benzene rings is 2. The lowest BCUT2D eigenvalue weighted by Crippen LogP contribution is -2.25. The van der Waals surface area contributed by atoms with Crippen LogP contribution in [-0.4, -0.2) is 51.7 Å². The molecule has 3 aromatic rings. The number of rotatable bonds is 10. The molecule has 0 bridgehead atoms. The van der Waals surface area contributed by atoms with Gasteiger partial charge in [-0.1, -0.05) is 36.0 Å². The van der Waals surface area contributed by atoms with Gasteiger partial charge in [-0.15, -0.1) is 0 Å². The summed E-state index contributed by atoms with van der Waals surface area (Å²) < 4.78 is 11.6. The largest absolute Gasteiger partial charge is 0.492 e. The summed E-state index contributed by atoms with van der Waals surface area (Å²) in [4.78, 5) is 33.4. The first-order valence-corrected chi connectivity index (χ1v) is 11.5. The van der Waals surface area contributed by atoms with E-state index >= 15 is 0 Å². The van der Waals surface area contributed by atoms with Crippen molar-refractivity contribution in [3.63, 3.8) is 0 Å². The molecule has 1 aliphatic heterocycles. The zero-order valence-corrected chi connectivity index (χ0v) is 19.3. The van der Waals surface area contributed by atoms with Gasteiger partial charge in [0.25, 0.3) is 5.24 Å². The summed E-state index contributed by atoms with van der Waals surface area (Å²) >= 11 is 1.03. The molecule has 0 saturated carbocycles. The molecule has 4 rings (SSSR count). The van der Waals surface area contributed by atoms with Crippen LogP contribution >= 0.6 is 11.8 Å². The van der Waals surface area contributed by atoms with Gasteiger partial charge in [-0.2, -0.15) is 0 Å². The van der Waals surface area contributed by atoms with Gasteiger partial charge in [0.15, 0.2) is 0 Å². The van der Waals surface area contributed by atoms with E-state index in [1.807, 2.05) is 36.2 Å². The number of amides is 2. The molecular weight excluding hydrogens is 456 g/mol. The van der Waals surface area contributed by atoms with E-state index in [0.29, 0.717) is 37.0 Å². The number of hydrogen-bond donors (Lipinski definition) is 2. The molecule has 2 amide bonds. The van der Waals surface area contributed by atoms with Crippen molar-refractivity contribution in [2.45, 2.75) is 18.3 Å². The maximum Gasteiger partial charge on any atom is 0.286 e. The molecule has 2 heterocycles. The molecule has 2 aromatic carbocycles. The molecule has 1 atom stereocenters. The molecule has 1 fully saturated rings. The van der Waals surface area contributed by atoms with E-state index in [1.54, 1.807) is 30.3 Å². The van der Waals surface area contributed by atoms with Crippen LogP contribution in [0.1, 0.15) is 11.1 Å². The molecule has 1 saturated heterocycles. The normalized spacial score (nSPS) is 15.2. The third-order valence-electron chi connectivity index (χ3n) is 5.15. The number of aliphatic hydroxyl groups excluding tert-OH is 1. The Morgan fingerprint density at radius 3 is 2.41 bits per heavy atom. The van der Waals surface area contributed by atoms with Crippen molar-refractivity contribution >= 4 is 28.7 Å². The second kappa shape index (κ2) is 11.0. The van der Waals surface area contributed by atoms with Crippen LogP contribution in [0.4, 0.5) is 10.6 Å². The number of hydrogen-bond acceptors (Lipinski definition) is 9. The molecule has 176 valence electrons. The lowest BCUT2D eigenvalue weighted by Gasteiger charge is -2.18. The zero-order chi connectivity index (χ0) is 23.9. The Bertz CT molecular complexity index is 1140. The molecule has 0 aliphatic carbocycles. The van der Waals surface area contributed by atoms with Crippen molar-refractivity contribution < 1.29 is 24.2 Å². The van der Waals surface area contributed by atoms with Gasteiger partial charge in [0.05, 0.1) is 18.4 Å². The topological polar surface area (TPSA) is 114 Å². The van der Waals surface area contributed by atoms with Crippen molar-refractivity contribution in [1.82, 2.24) is 15.3 Å². The Morgan fingerprint density at radius 2 is 1.74 bits per heavy atom. The van der Waals surface area contributed by atoms with Crippen LogP contribution in [0.25, 0.3) is 0 Å². The summed E-state index contributed by atoms with van der Waals surface area (Å²) in [5.41, 5.74) is 1.77. The minimum Gasteiger partial charge on any atom is -0.492 e. The average molecular weight is 481 g/mol. The van der Waals surface area contributed by atoms with Crippen LogP contribution in [0.2, 0.25) is 0 Å². The fourth-order valence-electron chi connectivity index (χ4n) is 3.26. The standard InChI is InChI=1S/C24H24N4O5S/c1-28(21-13-22(26-15-25-21)33-19-8-4-17(14-29)5-9-19)10-11-32-18-6-2-16(3-7-18)12-20-23(30)27-24(31)34-20/h2-9,13,15,20,29H,10-12,14H2,1H3,(H,27,30,31). The van der Waals surface area contributed by atoms with Crippen LogP contribution in [0.15, 0.2) is 60.9 Å². The first-order valence-electron chi connectivity index (χ1n) is 10.6. The second-order valence-corrected chi connectivity index (χ2v) is 8.80. The van der Waals surface area contributed by atoms with Crippen molar-refractivity contribution in [2.75, 3.05) is 25.1 Å². The van der Waals surface area contributed by atoms with Crippen molar-refractivity contribution in [3.05, 3.63) is 72.1 Å². The van der Waals surface area contributed by atoms with Gasteiger partial charge in [-0.25, -0.2) is 9.97 Å². The first-order chi connectivity index (χ1) is 16.5. The third-order valence-corrected chi connectivity index (χ3v) is 6.14. The van der Waals surface area contributed by atoms with Crippen LogP contribution in [0.5, 0.6) is 17.4 Å². The van der Waals surface area contributed by atoms with Gasteiger partial charge in [0.2, 0.25) is 11.8 Å². The number of aromatic nitrogens is 2. The van der Waals surface area contributed by atoms with E-state index < -0.39 is 0 Å². The van der Waals surface area contributed by atoms with Gasteiger partial charge in [0.1, 0.15) is 30.3 Å². The Morgan fingerprint density at radius 1 is 1.03 bits per heavy atom. The number of likely N-dealkylation sites (N-methyl/N-ethyl adjacent to an activating group) is 1. The second-order valence-electron chi connectivity index (χ2n) is 7.62. The number of thioether (sulfide) groups is 1. The fourth-order valence-corrected chi connectivity index (χ4v) is 4.12. The fraction of sp³-hybridized carbons (Fsp3) is 0.250. The highest BCUT2D eigenvalue weighted by molar-refractivity contribution is 8.15. The first kappa shape index (κ1) is 23.5. The predicted molar refractivity (Wildman–Crippen MR) is 128 cm³/mol. The Kier molecular flexibility index (Phi) is 7.61. The van der Waals surface area contributed by atoms with Gasteiger partial charge in [0, 0.05) is 13.1 Å².